The van der Waals surface area contributed by atoms with Crippen LogP contribution in [-0.2, 0) is 25.6 Å². The first kappa shape index (κ1) is 17.9. The van der Waals surface area contributed by atoms with Crippen LogP contribution in [-0.4, -0.2) is 42.1 Å². The van der Waals surface area contributed by atoms with E-state index in [1.54, 1.807) is 0 Å². The number of hydrogen-bond acceptors (Lipinski definition) is 5. The maximum atomic E-state index is 11.9. The van der Waals surface area contributed by atoms with Crippen molar-refractivity contribution in [2.24, 2.45) is 0 Å². The molecule has 0 radical (unpaired) electrons. The number of rotatable bonds is 8. The smallest absolute Gasteiger partial charge is 0.335 e. The number of ether oxygens (including phenoxy) is 3. The summed E-state index contributed by atoms with van der Waals surface area (Å²) in [7, 11) is 0. The van der Waals surface area contributed by atoms with Crippen LogP contribution >= 0.6 is 0 Å². The van der Waals surface area contributed by atoms with Crippen molar-refractivity contribution in [3.63, 3.8) is 0 Å². The molecule has 128 valence electrons. The Morgan fingerprint density at radius 3 is 2.83 bits per heavy atom. The molecule has 0 bridgehead atoms. The summed E-state index contributed by atoms with van der Waals surface area (Å²) in [5.74, 6) is -0.393. The van der Waals surface area contributed by atoms with E-state index >= 15 is 0 Å². The van der Waals surface area contributed by atoms with Crippen molar-refractivity contribution in [3.8, 4) is 0 Å². The third-order valence-corrected chi connectivity index (χ3v) is 3.98. The molecule has 4 atom stereocenters. The van der Waals surface area contributed by atoms with Crippen LogP contribution in [0.1, 0.15) is 38.7 Å². The van der Waals surface area contributed by atoms with Gasteiger partial charge in [-0.1, -0.05) is 43.7 Å². The Balaban J connectivity index is 1.79. The van der Waals surface area contributed by atoms with Crippen LogP contribution in [0.2, 0.25) is 0 Å². The van der Waals surface area contributed by atoms with E-state index in [1.807, 2.05) is 44.2 Å². The molecule has 1 N–H and O–H groups in total. The van der Waals surface area contributed by atoms with Gasteiger partial charge in [0.1, 0.15) is 6.10 Å². The number of aliphatic hydroxyl groups is 1. The van der Waals surface area contributed by atoms with Crippen molar-refractivity contribution < 1.29 is 24.1 Å². The van der Waals surface area contributed by atoms with Gasteiger partial charge in [-0.05, 0) is 18.9 Å². The molecular formula is C18H26O5. The molecule has 1 saturated heterocycles. The Labute approximate surface area is 137 Å². The molecule has 0 amide bonds. The molecule has 2 rings (SSSR count). The van der Waals surface area contributed by atoms with Crippen molar-refractivity contribution in [1.29, 1.82) is 0 Å². The van der Waals surface area contributed by atoms with Crippen LogP contribution in [0.5, 0.6) is 0 Å². The van der Waals surface area contributed by atoms with E-state index in [4.69, 9.17) is 14.2 Å². The molecule has 1 aromatic rings. The average molecular weight is 322 g/mol. The number of unbranched alkanes of at least 4 members (excludes halogenated alkanes) is 1. The van der Waals surface area contributed by atoms with Crippen molar-refractivity contribution in [1.82, 2.24) is 0 Å². The van der Waals surface area contributed by atoms with Crippen LogP contribution in [0.3, 0.4) is 0 Å². The van der Waals surface area contributed by atoms with Gasteiger partial charge in [-0.3, -0.25) is 0 Å². The number of benzene rings is 1. The molecule has 1 aromatic carbocycles. The summed E-state index contributed by atoms with van der Waals surface area (Å²) in [5.41, 5.74) is 1.06. The average Bonchev–Trinajstić information content (AvgIpc) is 2.96. The summed E-state index contributed by atoms with van der Waals surface area (Å²) < 4.78 is 16.6. The second-order valence-corrected chi connectivity index (χ2v) is 5.92. The second-order valence-electron chi connectivity index (χ2n) is 5.92. The fourth-order valence-electron chi connectivity index (χ4n) is 2.57. The van der Waals surface area contributed by atoms with Crippen LogP contribution in [0.25, 0.3) is 0 Å². The van der Waals surface area contributed by atoms with Crippen LogP contribution in [0, 0.1) is 0 Å². The minimum Gasteiger partial charge on any atom is -0.464 e. The summed E-state index contributed by atoms with van der Waals surface area (Å²) in [5, 5.41) is 10.1. The highest BCUT2D eigenvalue weighted by molar-refractivity contribution is 5.75. The van der Waals surface area contributed by atoms with Gasteiger partial charge in [0, 0.05) is 6.42 Å². The maximum Gasteiger partial charge on any atom is 0.335 e. The Hall–Kier alpha value is -1.43. The van der Waals surface area contributed by atoms with Gasteiger partial charge in [0.2, 0.25) is 0 Å². The lowest BCUT2D eigenvalue weighted by Gasteiger charge is -2.22. The highest BCUT2D eigenvalue weighted by atomic mass is 16.6. The van der Waals surface area contributed by atoms with E-state index in [1.165, 1.54) is 0 Å². The molecule has 1 heterocycles. The highest BCUT2D eigenvalue weighted by Gasteiger charge is 2.41. The third-order valence-electron chi connectivity index (χ3n) is 3.98. The molecule has 0 spiro atoms. The quantitative estimate of drug-likeness (QED) is 0.588. The van der Waals surface area contributed by atoms with Gasteiger partial charge in [-0.15, -0.1) is 0 Å². The van der Waals surface area contributed by atoms with Gasteiger partial charge in [-0.25, -0.2) is 4.79 Å². The summed E-state index contributed by atoms with van der Waals surface area (Å²) in [4.78, 5) is 11.9. The second kappa shape index (κ2) is 9.01. The largest absolute Gasteiger partial charge is 0.464 e. The van der Waals surface area contributed by atoms with E-state index in [-0.39, 0.29) is 12.5 Å². The summed E-state index contributed by atoms with van der Waals surface area (Å²) >= 11 is 0. The number of carbonyl (C=O) groups excluding carboxylic acids is 1. The minimum atomic E-state index is -0.718. The summed E-state index contributed by atoms with van der Waals surface area (Å²) in [6.07, 6.45) is -0.176. The first-order valence-electron chi connectivity index (χ1n) is 8.27. The van der Waals surface area contributed by atoms with E-state index in [0.29, 0.717) is 13.2 Å². The molecule has 1 aliphatic rings. The van der Waals surface area contributed by atoms with Crippen LogP contribution < -0.4 is 0 Å². The minimum absolute atomic E-state index is 0.259. The normalized spacial score (nSPS) is 25.3. The van der Waals surface area contributed by atoms with E-state index in [0.717, 1.165) is 18.4 Å². The van der Waals surface area contributed by atoms with Crippen molar-refractivity contribution in [2.45, 2.75) is 64.1 Å². The molecule has 0 aliphatic carbocycles. The Morgan fingerprint density at radius 2 is 2.13 bits per heavy atom. The highest BCUT2D eigenvalue weighted by Crippen LogP contribution is 2.25. The molecule has 1 aliphatic heterocycles. The predicted molar refractivity (Wildman–Crippen MR) is 85.8 cm³/mol. The Bertz CT molecular complexity index is 476. The monoisotopic (exact) mass is 322 g/mol. The molecule has 0 saturated carbocycles. The number of esters is 1. The van der Waals surface area contributed by atoms with Crippen LogP contribution in [0.15, 0.2) is 30.3 Å². The third kappa shape index (κ3) is 5.30. The number of hydrogen-bond donors (Lipinski definition) is 1. The zero-order valence-electron chi connectivity index (χ0n) is 13.8. The Kier molecular flexibility index (Phi) is 7.02. The number of aliphatic hydroxyl groups excluding tert-OH is 1. The molecular weight excluding hydrogens is 296 g/mol. The lowest BCUT2D eigenvalue weighted by molar-refractivity contribution is -0.160. The fourth-order valence-corrected chi connectivity index (χ4v) is 2.57. The van der Waals surface area contributed by atoms with E-state index in [9.17, 15) is 9.90 Å². The fraction of sp³-hybridized carbons (Fsp3) is 0.611. The van der Waals surface area contributed by atoms with Crippen molar-refractivity contribution in [3.05, 3.63) is 35.9 Å². The predicted octanol–water partition coefficient (Wildman–Crippen LogP) is 2.45. The number of carbonyl (C=O) groups is 1. The van der Waals surface area contributed by atoms with Gasteiger partial charge in [0.15, 0.2) is 6.10 Å². The van der Waals surface area contributed by atoms with Crippen molar-refractivity contribution in [2.75, 3.05) is 6.61 Å². The lowest BCUT2D eigenvalue weighted by Crippen LogP contribution is -2.35. The molecule has 23 heavy (non-hydrogen) atoms. The Morgan fingerprint density at radius 1 is 1.39 bits per heavy atom. The molecule has 5 nitrogen and oxygen atoms in total. The molecule has 5 heteroatoms. The maximum absolute atomic E-state index is 11.9. The van der Waals surface area contributed by atoms with Gasteiger partial charge in [-0.2, -0.15) is 0 Å². The standard InChI is InChI=1S/C18H26O5/c1-3-4-10-21-18(20)16-11-15(19)17(23-16)13(2)22-12-14-8-6-5-7-9-14/h5-9,13,15-17,19H,3-4,10-12H2,1-2H3/t13-,15-,16-,17+/m0/s1. The topological polar surface area (TPSA) is 65.0 Å². The molecule has 0 aromatic heterocycles. The zero-order valence-corrected chi connectivity index (χ0v) is 13.8. The first-order valence-corrected chi connectivity index (χ1v) is 8.27. The van der Waals surface area contributed by atoms with E-state index < -0.39 is 24.3 Å². The van der Waals surface area contributed by atoms with E-state index in [2.05, 4.69) is 0 Å². The van der Waals surface area contributed by atoms with Gasteiger partial charge in [0.05, 0.1) is 25.4 Å². The zero-order chi connectivity index (χ0) is 16.7. The van der Waals surface area contributed by atoms with Gasteiger partial charge in [0.25, 0.3) is 0 Å². The summed E-state index contributed by atoms with van der Waals surface area (Å²) in [6.45, 7) is 4.73. The van der Waals surface area contributed by atoms with Crippen LogP contribution in [0.4, 0.5) is 0 Å². The van der Waals surface area contributed by atoms with Crippen molar-refractivity contribution >= 4 is 5.97 Å². The SMILES string of the molecule is CCCCOC(=O)[C@@H]1C[C@H](O)[C@@H]([C@H](C)OCc2ccccc2)O1. The lowest BCUT2D eigenvalue weighted by atomic mass is 10.1. The van der Waals surface area contributed by atoms with Gasteiger partial charge >= 0.3 is 5.97 Å². The molecule has 1 fully saturated rings. The van der Waals surface area contributed by atoms with Gasteiger partial charge < -0.3 is 19.3 Å². The summed E-state index contributed by atoms with van der Waals surface area (Å²) in [6, 6.07) is 9.81. The molecule has 0 unspecified atom stereocenters. The first-order chi connectivity index (χ1) is 11.1.